The number of nitrogens with zero attached hydrogens (tertiary/aromatic N) is 2. The van der Waals surface area contributed by atoms with Crippen LogP contribution in [0.15, 0.2) is 23.6 Å². The molecule has 6 nitrogen and oxygen atoms in total. The summed E-state index contributed by atoms with van der Waals surface area (Å²) >= 11 is 1.41. The Morgan fingerprint density at radius 1 is 1.27 bits per heavy atom. The van der Waals surface area contributed by atoms with E-state index in [1.807, 2.05) is 11.4 Å². The van der Waals surface area contributed by atoms with Crippen molar-refractivity contribution >= 4 is 32.4 Å². The van der Waals surface area contributed by atoms with Crippen LogP contribution in [0.1, 0.15) is 24.0 Å². The van der Waals surface area contributed by atoms with E-state index in [2.05, 4.69) is 36.3 Å². The van der Waals surface area contributed by atoms with Crippen molar-refractivity contribution in [2.75, 3.05) is 24.7 Å². The molecule has 0 saturated carbocycles. The number of rotatable bonds is 4. The Hall–Kier alpha value is -1.77. The molecule has 26 heavy (non-hydrogen) atoms. The maximum atomic E-state index is 12.5. The smallest absolute Gasteiger partial charge is 0.229 e. The van der Waals surface area contributed by atoms with Crippen molar-refractivity contribution in [1.29, 1.82) is 0 Å². The van der Waals surface area contributed by atoms with Crippen LogP contribution < -0.4 is 5.32 Å². The molecule has 2 aromatic rings. The van der Waals surface area contributed by atoms with Gasteiger partial charge in [-0.15, -0.1) is 11.3 Å². The van der Waals surface area contributed by atoms with Gasteiger partial charge in [0.05, 0.1) is 11.9 Å². The quantitative estimate of drug-likeness (QED) is 0.866. The van der Waals surface area contributed by atoms with Crippen molar-refractivity contribution in [3.05, 3.63) is 34.7 Å². The number of amides is 1. The second-order valence-corrected chi connectivity index (χ2v) is 9.62. The van der Waals surface area contributed by atoms with Gasteiger partial charge in [0.2, 0.25) is 15.9 Å². The van der Waals surface area contributed by atoms with Gasteiger partial charge in [-0.1, -0.05) is 23.8 Å². The molecule has 1 aliphatic heterocycles. The molecule has 1 aromatic heterocycles. The fraction of sp³-hybridized carbons (Fsp3) is 0.444. The summed E-state index contributed by atoms with van der Waals surface area (Å²) in [6.07, 6.45) is 2.28. The molecular weight excluding hydrogens is 370 g/mol. The Morgan fingerprint density at radius 3 is 2.58 bits per heavy atom. The average Bonchev–Trinajstić information content (AvgIpc) is 3.02. The minimum absolute atomic E-state index is 0.0836. The SMILES string of the molecule is Cc1ccc(-c2csc(NC(=O)C3CCN(S(C)(=O)=O)CC3)n2)c(C)c1. The Balaban J connectivity index is 1.63. The Bertz CT molecular complexity index is 914. The molecule has 0 unspecified atom stereocenters. The van der Waals surface area contributed by atoms with Gasteiger partial charge in [0.1, 0.15) is 0 Å². The summed E-state index contributed by atoms with van der Waals surface area (Å²) in [5.41, 5.74) is 4.28. The third-order valence-corrected chi connectivity index (χ3v) is 6.75. The number of hydrogen-bond acceptors (Lipinski definition) is 5. The van der Waals surface area contributed by atoms with Crippen molar-refractivity contribution in [3.63, 3.8) is 0 Å². The highest BCUT2D eigenvalue weighted by molar-refractivity contribution is 7.88. The van der Waals surface area contributed by atoms with Crippen molar-refractivity contribution in [1.82, 2.24) is 9.29 Å². The molecule has 0 radical (unpaired) electrons. The first-order chi connectivity index (χ1) is 12.2. The number of anilines is 1. The molecule has 3 rings (SSSR count). The maximum absolute atomic E-state index is 12.5. The summed E-state index contributed by atoms with van der Waals surface area (Å²) in [6, 6.07) is 6.21. The molecule has 140 valence electrons. The third-order valence-electron chi connectivity index (χ3n) is 4.69. The van der Waals surface area contributed by atoms with Crippen LogP contribution in [-0.2, 0) is 14.8 Å². The molecule has 8 heteroatoms. The number of nitrogens with one attached hydrogen (secondary N) is 1. The molecule has 1 fully saturated rings. The van der Waals surface area contributed by atoms with Gasteiger partial charge >= 0.3 is 0 Å². The van der Waals surface area contributed by atoms with Gasteiger partial charge in [-0.3, -0.25) is 4.79 Å². The zero-order chi connectivity index (χ0) is 18.9. The highest BCUT2D eigenvalue weighted by Gasteiger charge is 2.29. The van der Waals surface area contributed by atoms with Crippen LogP contribution in [0.25, 0.3) is 11.3 Å². The number of benzene rings is 1. The second kappa shape index (κ2) is 7.46. The molecule has 1 N–H and O–H groups in total. The predicted molar refractivity (Wildman–Crippen MR) is 105 cm³/mol. The standard InChI is InChI=1S/C18H23N3O3S2/c1-12-4-5-15(13(2)10-12)16-11-25-18(19-16)20-17(22)14-6-8-21(9-7-14)26(3,23)24/h4-5,10-11,14H,6-9H2,1-3H3,(H,19,20,22). The predicted octanol–water partition coefficient (Wildman–Crippen LogP) is 3.04. The van der Waals surface area contributed by atoms with E-state index < -0.39 is 10.0 Å². The Morgan fingerprint density at radius 2 is 1.96 bits per heavy atom. The number of carbonyl (C=O) groups is 1. The van der Waals surface area contributed by atoms with E-state index in [-0.39, 0.29) is 11.8 Å². The normalized spacial score (nSPS) is 16.6. The number of aryl methyl sites for hydroxylation is 2. The lowest BCUT2D eigenvalue weighted by Crippen LogP contribution is -2.40. The van der Waals surface area contributed by atoms with E-state index in [1.165, 1.54) is 27.5 Å². The number of thiazole rings is 1. The van der Waals surface area contributed by atoms with Gasteiger partial charge in [-0.2, -0.15) is 0 Å². The Kier molecular flexibility index (Phi) is 5.45. The molecule has 1 amide bonds. The topological polar surface area (TPSA) is 79.4 Å². The maximum Gasteiger partial charge on any atom is 0.229 e. The lowest BCUT2D eigenvalue weighted by atomic mass is 9.97. The van der Waals surface area contributed by atoms with E-state index in [1.54, 1.807) is 0 Å². The monoisotopic (exact) mass is 393 g/mol. The minimum atomic E-state index is -3.18. The molecule has 1 aliphatic rings. The average molecular weight is 394 g/mol. The van der Waals surface area contributed by atoms with Gasteiger partial charge in [-0.05, 0) is 32.3 Å². The summed E-state index contributed by atoms with van der Waals surface area (Å²) in [7, 11) is -3.18. The van der Waals surface area contributed by atoms with E-state index >= 15 is 0 Å². The van der Waals surface area contributed by atoms with Gasteiger partial charge in [0.25, 0.3) is 0 Å². The lowest BCUT2D eigenvalue weighted by Gasteiger charge is -2.29. The number of sulfonamides is 1. The van der Waals surface area contributed by atoms with Crippen LogP contribution in [0.3, 0.4) is 0 Å². The molecule has 1 saturated heterocycles. The van der Waals surface area contributed by atoms with Crippen LogP contribution >= 0.6 is 11.3 Å². The molecule has 0 bridgehead atoms. The first kappa shape index (κ1) is 19.0. The molecular formula is C18H23N3O3S2. The van der Waals surface area contributed by atoms with Crippen molar-refractivity contribution in [2.45, 2.75) is 26.7 Å². The largest absolute Gasteiger partial charge is 0.302 e. The van der Waals surface area contributed by atoms with Gasteiger partial charge < -0.3 is 5.32 Å². The Labute approximate surface area is 158 Å². The van der Waals surface area contributed by atoms with Crippen LogP contribution in [-0.4, -0.2) is 43.0 Å². The van der Waals surface area contributed by atoms with E-state index in [0.29, 0.717) is 31.1 Å². The summed E-state index contributed by atoms with van der Waals surface area (Å²) in [5.74, 6) is -0.263. The fourth-order valence-electron chi connectivity index (χ4n) is 3.21. The van der Waals surface area contributed by atoms with Crippen molar-refractivity contribution in [2.24, 2.45) is 5.92 Å². The van der Waals surface area contributed by atoms with Gasteiger partial charge in [0.15, 0.2) is 5.13 Å². The molecule has 2 heterocycles. The van der Waals surface area contributed by atoms with E-state index in [4.69, 9.17) is 0 Å². The summed E-state index contributed by atoms with van der Waals surface area (Å²) in [4.78, 5) is 17.0. The van der Waals surface area contributed by atoms with Crippen LogP contribution in [0.4, 0.5) is 5.13 Å². The number of piperidine rings is 1. The van der Waals surface area contributed by atoms with Gasteiger partial charge in [-0.25, -0.2) is 17.7 Å². The second-order valence-electron chi connectivity index (χ2n) is 6.78. The zero-order valence-corrected chi connectivity index (χ0v) is 16.8. The summed E-state index contributed by atoms with van der Waals surface area (Å²) < 4.78 is 24.5. The van der Waals surface area contributed by atoms with Crippen LogP contribution in [0.2, 0.25) is 0 Å². The number of aromatic nitrogens is 1. The van der Waals surface area contributed by atoms with Gasteiger partial charge in [0, 0.05) is 30.0 Å². The van der Waals surface area contributed by atoms with E-state index in [0.717, 1.165) is 16.8 Å². The first-order valence-corrected chi connectivity index (χ1v) is 11.3. The first-order valence-electron chi connectivity index (χ1n) is 8.53. The van der Waals surface area contributed by atoms with Crippen molar-refractivity contribution in [3.8, 4) is 11.3 Å². The van der Waals surface area contributed by atoms with Crippen LogP contribution in [0, 0.1) is 19.8 Å². The molecule has 0 spiro atoms. The van der Waals surface area contributed by atoms with E-state index in [9.17, 15) is 13.2 Å². The van der Waals surface area contributed by atoms with Crippen LogP contribution in [0.5, 0.6) is 0 Å². The summed E-state index contributed by atoms with van der Waals surface area (Å²) in [5, 5.41) is 5.41. The third kappa shape index (κ3) is 4.31. The molecule has 0 aliphatic carbocycles. The molecule has 0 atom stereocenters. The number of hydrogen-bond donors (Lipinski definition) is 1. The minimum Gasteiger partial charge on any atom is -0.302 e. The highest BCUT2D eigenvalue weighted by Crippen LogP contribution is 2.29. The van der Waals surface area contributed by atoms with Crippen molar-refractivity contribution < 1.29 is 13.2 Å². The highest BCUT2D eigenvalue weighted by atomic mass is 32.2. The zero-order valence-electron chi connectivity index (χ0n) is 15.2. The number of carbonyl (C=O) groups excluding carboxylic acids is 1. The lowest BCUT2D eigenvalue weighted by molar-refractivity contribution is -0.120. The fourth-order valence-corrected chi connectivity index (χ4v) is 4.80. The summed E-state index contributed by atoms with van der Waals surface area (Å²) in [6.45, 7) is 4.89. The molecule has 1 aromatic carbocycles.